The van der Waals surface area contributed by atoms with Crippen molar-refractivity contribution in [3.8, 4) is 5.75 Å². The van der Waals surface area contributed by atoms with Gasteiger partial charge in [0.2, 0.25) is 0 Å². The zero-order valence-electron chi connectivity index (χ0n) is 11.4. The lowest BCUT2D eigenvalue weighted by molar-refractivity contribution is 0.389. The van der Waals surface area contributed by atoms with Crippen molar-refractivity contribution in [3.05, 3.63) is 53.2 Å². The number of furan rings is 1. The first kappa shape index (κ1) is 13.6. The number of hydrogen-bond acceptors (Lipinski definition) is 3. The number of benzene rings is 1. The quantitative estimate of drug-likeness (QED) is 0.897. The van der Waals surface area contributed by atoms with Crippen LogP contribution in [0.15, 0.2) is 34.7 Å². The molecule has 1 unspecified atom stereocenters. The molecule has 2 aromatic rings. The third-order valence-corrected chi connectivity index (χ3v) is 2.96. The first-order chi connectivity index (χ1) is 9.15. The minimum absolute atomic E-state index is 0.218. The van der Waals surface area contributed by atoms with E-state index in [0.717, 1.165) is 23.6 Å². The predicted molar refractivity (Wildman–Crippen MR) is 71.9 cm³/mol. The number of rotatable bonds is 5. The molecule has 0 radical (unpaired) electrons. The van der Waals surface area contributed by atoms with Gasteiger partial charge >= 0.3 is 0 Å². The highest BCUT2D eigenvalue weighted by molar-refractivity contribution is 5.40. The number of halogens is 1. The Morgan fingerprint density at radius 3 is 2.68 bits per heavy atom. The summed E-state index contributed by atoms with van der Waals surface area (Å²) in [5.41, 5.74) is 0.735. The molecule has 1 aromatic heterocycles. The first-order valence-electron chi connectivity index (χ1n) is 6.29. The molecule has 0 aliphatic rings. The minimum atomic E-state index is -0.290. The van der Waals surface area contributed by atoms with E-state index in [1.807, 2.05) is 26.0 Å². The average molecular weight is 263 g/mol. The van der Waals surface area contributed by atoms with Gasteiger partial charge in [-0.25, -0.2) is 4.39 Å². The van der Waals surface area contributed by atoms with Gasteiger partial charge in [0.15, 0.2) is 0 Å². The fraction of sp³-hybridized carbons (Fsp3) is 0.333. The Morgan fingerprint density at radius 2 is 2.11 bits per heavy atom. The molecular formula is C15H18FNO2. The summed E-state index contributed by atoms with van der Waals surface area (Å²) in [4.78, 5) is 0. The molecule has 102 valence electrons. The van der Waals surface area contributed by atoms with Gasteiger partial charge in [-0.15, -0.1) is 0 Å². The highest BCUT2D eigenvalue weighted by Crippen LogP contribution is 2.31. The third kappa shape index (κ3) is 2.96. The van der Waals surface area contributed by atoms with Crippen molar-refractivity contribution in [3.63, 3.8) is 0 Å². The highest BCUT2D eigenvalue weighted by Gasteiger charge is 2.21. The van der Waals surface area contributed by atoms with Gasteiger partial charge in [-0.3, -0.25) is 0 Å². The maximum Gasteiger partial charge on any atom is 0.125 e. The van der Waals surface area contributed by atoms with Crippen LogP contribution < -0.4 is 10.1 Å². The standard InChI is InChI=1S/C15H18FNO2/c1-4-17-15(14-7-5-10(2)19-14)12-9-11(16)6-8-13(12)18-3/h5-9,15,17H,4H2,1-3H3. The smallest absolute Gasteiger partial charge is 0.125 e. The zero-order chi connectivity index (χ0) is 13.8. The molecule has 1 atom stereocenters. The molecule has 0 aliphatic heterocycles. The number of hydrogen-bond donors (Lipinski definition) is 1. The fourth-order valence-corrected chi connectivity index (χ4v) is 2.11. The Morgan fingerprint density at radius 1 is 1.32 bits per heavy atom. The van der Waals surface area contributed by atoms with Crippen LogP contribution in [0.4, 0.5) is 4.39 Å². The van der Waals surface area contributed by atoms with Crippen molar-refractivity contribution >= 4 is 0 Å². The third-order valence-electron chi connectivity index (χ3n) is 2.96. The van der Waals surface area contributed by atoms with E-state index < -0.39 is 0 Å². The molecule has 3 nitrogen and oxygen atoms in total. The zero-order valence-corrected chi connectivity index (χ0v) is 11.4. The van der Waals surface area contributed by atoms with Gasteiger partial charge in [0.1, 0.15) is 23.1 Å². The van der Waals surface area contributed by atoms with Crippen LogP contribution >= 0.6 is 0 Å². The van der Waals surface area contributed by atoms with Gasteiger partial charge in [-0.05, 0) is 43.8 Å². The van der Waals surface area contributed by atoms with Crippen molar-refractivity contribution in [1.29, 1.82) is 0 Å². The van der Waals surface area contributed by atoms with Crippen LogP contribution in [0.25, 0.3) is 0 Å². The molecule has 0 saturated heterocycles. The van der Waals surface area contributed by atoms with Crippen LogP contribution in [0, 0.1) is 12.7 Å². The largest absolute Gasteiger partial charge is 0.496 e. The summed E-state index contributed by atoms with van der Waals surface area (Å²) in [6, 6.07) is 8.07. The monoisotopic (exact) mass is 263 g/mol. The number of nitrogens with one attached hydrogen (secondary N) is 1. The van der Waals surface area contributed by atoms with E-state index in [2.05, 4.69) is 5.32 Å². The maximum absolute atomic E-state index is 13.5. The number of methoxy groups -OCH3 is 1. The molecule has 0 spiro atoms. The minimum Gasteiger partial charge on any atom is -0.496 e. The summed E-state index contributed by atoms with van der Waals surface area (Å²) in [5.74, 6) is 1.93. The van der Waals surface area contributed by atoms with Crippen LogP contribution in [0.5, 0.6) is 5.75 Å². The lowest BCUT2D eigenvalue weighted by atomic mass is 10.0. The molecule has 0 fully saturated rings. The topological polar surface area (TPSA) is 34.4 Å². The predicted octanol–water partition coefficient (Wildman–Crippen LogP) is 3.43. The molecule has 0 bridgehead atoms. The van der Waals surface area contributed by atoms with Gasteiger partial charge in [-0.2, -0.15) is 0 Å². The molecule has 0 aliphatic carbocycles. The van der Waals surface area contributed by atoms with E-state index in [-0.39, 0.29) is 11.9 Å². The van der Waals surface area contributed by atoms with E-state index in [4.69, 9.17) is 9.15 Å². The number of aryl methyl sites for hydroxylation is 1. The van der Waals surface area contributed by atoms with E-state index in [1.54, 1.807) is 13.2 Å². The summed E-state index contributed by atoms with van der Waals surface area (Å²) >= 11 is 0. The first-order valence-corrected chi connectivity index (χ1v) is 6.29. The summed E-state index contributed by atoms with van der Waals surface area (Å²) < 4.78 is 24.5. The van der Waals surface area contributed by atoms with Crippen molar-refractivity contribution in [2.75, 3.05) is 13.7 Å². The lowest BCUT2D eigenvalue weighted by Crippen LogP contribution is -2.22. The van der Waals surface area contributed by atoms with E-state index in [1.165, 1.54) is 12.1 Å². The van der Waals surface area contributed by atoms with Crippen molar-refractivity contribution in [1.82, 2.24) is 5.32 Å². The summed E-state index contributed by atoms with van der Waals surface area (Å²) in [7, 11) is 1.58. The fourth-order valence-electron chi connectivity index (χ4n) is 2.11. The van der Waals surface area contributed by atoms with Crippen molar-refractivity contribution in [2.45, 2.75) is 19.9 Å². The molecule has 0 amide bonds. The van der Waals surface area contributed by atoms with Crippen molar-refractivity contribution in [2.24, 2.45) is 0 Å². The van der Waals surface area contributed by atoms with E-state index in [0.29, 0.717) is 5.75 Å². The Kier molecular flexibility index (Phi) is 4.22. The molecule has 1 N–H and O–H groups in total. The maximum atomic E-state index is 13.5. The van der Waals surface area contributed by atoms with Gasteiger partial charge in [0, 0.05) is 5.56 Å². The number of ether oxygens (including phenoxy) is 1. The van der Waals surface area contributed by atoms with Crippen LogP contribution in [0.2, 0.25) is 0 Å². The summed E-state index contributed by atoms with van der Waals surface area (Å²) in [6.45, 7) is 4.62. The SMILES string of the molecule is CCNC(c1ccc(C)o1)c1cc(F)ccc1OC. The van der Waals surface area contributed by atoms with E-state index in [9.17, 15) is 4.39 Å². The van der Waals surface area contributed by atoms with Crippen molar-refractivity contribution < 1.29 is 13.5 Å². The molecule has 19 heavy (non-hydrogen) atoms. The second-order valence-corrected chi connectivity index (χ2v) is 4.33. The molecule has 4 heteroatoms. The molecule has 1 aromatic carbocycles. The van der Waals surface area contributed by atoms with Gasteiger partial charge in [0.25, 0.3) is 0 Å². The molecule has 2 rings (SSSR count). The average Bonchev–Trinajstić information content (AvgIpc) is 2.82. The Hall–Kier alpha value is -1.81. The molecular weight excluding hydrogens is 245 g/mol. The Balaban J connectivity index is 2.46. The Labute approximate surface area is 112 Å². The summed E-state index contributed by atoms with van der Waals surface area (Å²) in [6.07, 6.45) is 0. The van der Waals surface area contributed by atoms with Crippen LogP contribution in [-0.4, -0.2) is 13.7 Å². The normalized spacial score (nSPS) is 12.4. The van der Waals surface area contributed by atoms with Crippen LogP contribution in [0.3, 0.4) is 0 Å². The van der Waals surface area contributed by atoms with Gasteiger partial charge in [0.05, 0.1) is 13.2 Å². The Bertz CT molecular complexity index is 551. The van der Waals surface area contributed by atoms with Crippen LogP contribution in [0.1, 0.15) is 30.0 Å². The second kappa shape index (κ2) is 5.89. The summed E-state index contributed by atoms with van der Waals surface area (Å²) in [5, 5.41) is 3.29. The highest BCUT2D eigenvalue weighted by atomic mass is 19.1. The second-order valence-electron chi connectivity index (χ2n) is 4.33. The van der Waals surface area contributed by atoms with Crippen LogP contribution in [-0.2, 0) is 0 Å². The molecule has 1 heterocycles. The van der Waals surface area contributed by atoms with Gasteiger partial charge < -0.3 is 14.5 Å². The molecule has 0 saturated carbocycles. The van der Waals surface area contributed by atoms with E-state index >= 15 is 0 Å². The van der Waals surface area contributed by atoms with Gasteiger partial charge in [-0.1, -0.05) is 6.92 Å². The lowest BCUT2D eigenvalue weighted by Gasteiger charge is -2.19.